The predicted octanol–water partition coefficient (Wildman–Crippen LogP) is 3.13. The van der Waals surface area contributed by atoms with Crippen LogP contribution >= 0.6 is 0 Å². The fourth-order valence-corrected chi connectivity index (χ4v) is 3.66. The summed E-state index contributed by atoms with van der Waals surface area (Å²) in [7, 11) is 1.69. The molecule has 1 unspecified atom stereocenters. The zero-order valence-electron chi connectivity index (χ0n) is 15.1. The molecule has 1 aliphatic rings. The van der Waals surface area contributed by atoms with Gasteiger partial charge >= 0.3 is 0 Å². The van der Waals surface area contributed by atoms with E-state index in [1.54, 1.807) is 7.11 Å². The fourth-order valence-electron chi connectivity index (χ4n) is 3.66. The van der Waals surface area contributed by atoms with E-state index in [1.807, 2.05) is 29.3 Å². The van der Waals surface area contributed by atoms with Gasteiger partial charge in [0, 0.05) is 38.5 Å². The van der Waals surface area contributed by atoms with Crippen molar-refractivity contribution in [2.45, 2.75) is 45.3 Å². The van der Waals surface area contributed by atoms with Crippen molar-refractivity contribution in [3.8, 4) is 0 Å². The Morgan fingerprint density at radius 3 is 2.88 bits per heavy atom. The first-order valence-electron chi connectivity index (χ1n) is 9.02. The number of nitrogens with zero attached hydrogens (tertiary/aromatic N) is 3. The highest BCUT2D eigenvalue weighted by Gasteiger charge is 2.29. The number of carbonyl (C=O) groups is 1. The summed E-state index contributed by atoms with van der Waals surface area (Å²) >= 11 is 0. The van der Waals surface area contributed by atoms with Crippen molar-refractivity contribution in [3.63, 3.8) is 0 Å². The Kier molecular flexibility index (Phi) is 5.87. The molecular formula is C20H27N3O2. The summed E-state index contributed by atoms with van der Waals surface area (Å²) in [6.45, 7) is 4.18. The van der Waals surface area contributed by atoms with Gasteiger partial charge in [0.25, 0.3) is 0 Å². The molecule has 0 N–H and O–H groups in total. The van der Waals surface area contributed by atoms with Gasteiger partial charge in [-0.05, 0) is 31.7 Å². The number of rotatable bonds is 7. The Morgan fingerprint density at radius 2 is 2.12 bits per heavy atom. The third-order valence-electron chi connectivity index (χ3n) is 4.91. The average molecular weight is 341 g/mol. The van der Waals surface area contributed by atoms with Gasteiger partial charge in [-0.2, -0.15) is 0 Å². The monoisotopic (exact) mass is 341 g/mol. The van der Waals surface area contributed by atoms with E-state index in [0.29, 0.717) is 19.1 Å². The Balaban J connectivity index is 1.52. The standard InChI is InChI=1S/C20H27N3O2/c1-16-13-21-19(15-25-2)23(16)18-11-12-22(14-18)20(24)10-6-9-17-7-4-3-5-8-17/h3-5,7-8,13,18H,6,9-12,14-15H2,1-2H3. The first-order chi connectivity index (χ1) is 12.2. The number of likely N-dealkylation sites (tertiary alicyclic amines) is 1. The van der Waals surface area contributed by atoms with Crippen molar-refractivity contribution < 1.29 is 9.53 Å². The van der Waals surface area contributed by atoms with Crippen LogP contribution in [0.3, 0.4) is 0 Å². The van der Waals surface area contributed by atoms with Crippen LogP contribution < -0.4 is 0 Å². The number of hydrogen-bond donors (Lipinski definition) is 0. The Morgan fingerprint density at radius 1 is 1.32 bits per heavy atom. The quantitative estimate of drug-likeness (QED) is 0.777. The van der Waals surface area contributed by atoms with E-state index in [1.165, 1.54) is 5.56 Å². The second-order valence-electron chi connectivity index (χ2n) is 6.74. The second kappa shape index (κ2) is 8.30. The number of carbonyl (C=O) groups excluding carboxylic acids is 1. The van der Waals surface area contributed by atoms with E-state index >= 15 is 0 Å². The van der Waals surface area contributed by atoms with Crippen molar-refractivity contribution in [2.24, 2.45) is 0 Å². The number of benzene rings is 1. The van der Waals surface area contributed by atoms with Crippen LogP contribution in [0.15, 0.2) is 36.5 Å². The fraction of sp³-hybridized carbons (Fsp3) is 0.500. The van der Waals surface area contributed by atoms with Gasteiger partial charge in [0.05, 0.1) is 6.04 Å². The molecule has 0 radical (unpaired) electrons. The second-order valence-corrected chi connectivity index (χ2v) is 6.74. The highest BCUT2D eigenvalue weighted by atomic mass is 16.5. The SMILES string of the molecule is COCc1ncc(C)n1C1CCN(C(=O)CCCc2ccccc2)C1. The molecular weight excluding hydrogens is 314 g/mol. The van der Waals surface area contributed by atoms with Crippen LogP contribution in [0, 0.1) is 6.92 Å². The number of methoxy groups -OCH3 is 1. The van der Waals surface area contributed by atoms with Crippen molar-refractivity contribution in [2.75, 3.05) is 20.2 Å². The lowest BCUT2D eigenvalue weighted by Gasteiger charge is -2.19. The van der Waals surface area contributed by atoms with Gasteiger partial charge in [0.1, 0.15) is 12.4 Å². The normalized spacial score (nSPS) is 17.2. The lowest BCUT2D eigenvalue weighted by molar-refractivity contribution is -0.130. The molecule has 2 aromatic rings. The number of ether oxygens (including phenoxy) is 1. The topological polar surface area (TPSA) is 47.4 Å². The summed E-state index contributed by atoms with van der Waals surface area (Å²) < 4.78 is 7.48. The van der Waals surface area contributed by atoms with Gasteiger partial charge in [-0.3, -0.25) is 4.79 Å². The number of amides is 1. The smallest absolute Gasteiger partial charge is 0.222 e. The predicted molar refractivity (Wildman–Crippen MR) is 97.3 cm³/mol. The van der Waals surface area contributed by atoms with Crippen LogP contribution in [0.4, 0.5) is 0 Å². The van der Waals surface area contributed by atoms with E-state index in [-0.39, 0.29) is 5.91 Å². The lowest BCUT2D eigenvalue weighted by Crippen LogP contribution is -2.29. The summed E-state index contributed by atoms with van der Waals surface area (Å²) in [6.07, 6.45) is 5.36. The van der Waals surface area contributed by atoms with Crippen molar-refractivity contribution in [1.29, 1.82) is 0 Å². The molecule has 0 saturated carbocycles. The third-order valence-corrected chi connectivity index (χ3v) is 4.91. The summed E-state index contributed by atoms with van der Waals surface area (Å²) in [6, 6.07) is 10.7. The summed E-state index contributed by atoms with van der Waals surface area (Å²) in [5.74, 6) is 1.22. The van der Waals surface area contributed by atoms with Crippen LogP contribution in [0.2, 0.25) is 0 Å². The Bertz CT molecular complexity index is 696. The van der Waals surface area contributed by atoms with Crippen LogP contribution in [-0.2, 0) is 22.6 Å². The zero-order chi connectivity index (χ0) is 17.6. The molecule has 134 valence electrons. The summed E-state index contributed by atoms with van der Waals surface area (Å²) in [5, 5.41) is 0. The van der Waals surface area contributed by atoms with Gasteiger partial charge in [-0.25, -0.2) is 4.98 Å². The van der Waals surface area contributed by atoms with E-state index in [2.05, 4.69) is 28.6 Å². The number of aryl methyl sites for hydroxylation is 2. The highest BCUT2D eigenvalue weighted by molar-refractivity contribution is 5.76. The van der Waals surface area contributed by atoms with E-state index in [0.717, 1.165) is 43.9 Å². The maximum atomic E-state index is 12.5. The Hall–Kier alpha value is -2.14. The molecule has 1 saturated heterocycles. The molecule has 5 nitrogen and oxygen atoms in total. The average Bonchev–Trinajstić information content (AvgIpc) is 3.23. The molecule has 1 aliphatic heterocycles. The van der Waals surface area contributed by atoms with Crippen LogP contribution in [-0.4, -0.2) is 40.6 Å². The van der Waals surface area contributed by atoms with Gasteiger partial charge in [0.2, 0.25) is 5.91 Å². The maximum absolute atomic E-state index is 12.5. The van der Waals surface area contributed by atoms with E-state index in [9.17, 15) is 4.79 Å². The van der Waals surface area contributed by atoms with Gasteiger partial charge in [-0.15, -0.1) is 0 Å². The van der Waals surface area contributed by atoms with Crippen molar-refractivity contribution in [1.82, 2.24) is 14.5 Å². The molecule has 0 spiro atoms. The molecule has 0 aliphatic carbocycles. The third kappa shape index (κ3) is 4.28. The maximum Gasteiger partial charge on any atom is 0.222 e. The molecule has 2 heterocycles. The van der Waals surface area contributed by atoms with Crippen LogP contribution in [0.1, 0.15) is 42.4 Å². The molecule has 1 fully saturated rings. The van der Waals surface area contributed by atoms with Crippen molar-refractivity contribution in [3.05, 3.63) is 53.6 Å². The zero-order valence-corrected chi connectivity index (χ0v) is 15.1. The van der Waals surface area contributed by atoms with Crippen LogP contribution in [0.5, 0.6) is 0 Å². The van der Waals surface area contributed by atoms with E-state index in [4.69, 9.17) is 4.74 Å². The number of aromatic nitrogens is 2. The Labute approximate surface area is 149 Å². The molecule has 5 heteroatoms. The van der Waals surface area contributed by atoms with Gasteiger partial charge < -0.3 is 14.2 Å². The number of hydrogen-bond acceptors (Lipinski definition) is 3. The molecule has 1 aromatic heterocycles. The first-order valence-corrected chi connectivity index (χ1v) is 9.02. The first kappa shape index (κ1) is 17.7. The minimum atomic E-state index is 0.268. The molecule has 1 amide bonds. The summed E-state index contributed by atoms with van der Waals surface area (Å²) in [4.78, 5) is 19.0. The van der Waals surface area contributed by atoms with E-state index < -0.39 is 0 Å². The largest absolute Gasteiger partial charge is 0.377 e. The molecule has 1 aromatic carbocycles. The van der Waals surface area contributed by atoms with Gasteiger partial charge in [-0.1, -0.05) is 30.3 Å². The molecule has 1 atom stereocenters. The minimum absolute atomic E-state index is 0.268. The lowest BCUT2D eigenvalue weighted by atomic mass is 10.1. The molecule has 25 heavy (non-hydrogen) atoms. The molecule has 0 bridgehead atoms. The van der Waals surface area contributed by atoms with Crippen LogP contribution in [0.25, 0.3) is 0 Å². The summed E-state index contributed by atoms with van der Waals surface area (Å²) in [5.41, 5.74) is 2.43. The minimum Gasteiger partial charge on any atom is -0.377 e. The highest BCUT2D eigenvalue weighted by Crippen LogP contribution is 2.26. The van der Waals surface area contributed by atoms with Crippen molar-refractivity contribution >= 4 is 5.91 Å². The molecule has 3 rings (SSSR count). The number of imidazole rings is 1. The van der Waals surface area contributed by atoms with Gasteiger partial charge in [0.15, 0.2) is 0 Å².